The van der Waals surface area contributed by atoms with Gasteiger partial charge in [-0.05, 0) is 31.4 Å². The molecule has 1 N–H and O–H groups in total. The maximum atomic E-state index is 11.0. The van der Waals surface area contributed by atoms with E-state index in [1.807, 2.05) is 0 Å². The molecule has 2 atom stereocenters. The van der Waals surface area contributed by atoms with Crippen LogP contribution in [0.3, 0.4) is 0 Å². The fourth-order valence-electron chi connectivity index (χ4n) is 2.22. The van der Waals surface area contributed by atoms with E-state index in [9.17, 15) is 9.90 Å². The standard InChI is InChI=1S/C14H18O4/c1-17-11-7-6-10(9-15)14(8-11)18-13-5-3-2-4-12(13)16/h6-9,12-13,16H,2-5H2,1H3. The Morgan fingerprint density at radius 1 is 1.33 bits per heavy atom. The number of ether oxygens (including phenoxy) is 2. The van der Waals surface area contributed by atoms with E-state index in [0.29, 0.717) is 17.1 Å². The molecule has 0 amide bonds. The maximum absolute atomic E-state index is 11.0. The molecule has 1 aliphatic carbocycles. The average molecular weight is 250 g/mol. The van der Waals surface area contributed by atoms with E-state index in [-0.39, 0.29) is 6.10 Å². The van der Waals surface area contributed by atoms with E-state index in [0.717, 1.165) is 32.0 Å². The first-order valence-corrected chi connectivity index (χ1v) is 6.22. The molecule has 0 heterocycles. The van der Waals surface area contributed by atoms with Crippen LogP contribution in [0.5, 0.6) is 11.5 Å². The van der Waals surface area contributed by atoms with Crippen molar-refractivity contribution in [2.24, 2.45) is 0 Å². The van der Waals surface area contributed by atoms with Crippen molar-refractivity contribution in [1.82, 2.24) is 0 Å². The summed E-state index contributed by atoms with van der Waals surface area (Å²) in [6, 6.07) is 5.06. The molecule has 4 heteroatoms. The summed E-state index contributed by atoms with van der Waals surface area (Å²) >= 11 is 0. The van der Waals surface area contributed by atoms with Crippen LogP contribution in [0, 0.1) is 0 Å². The molecule has 98 valence electrons. The normalized spacial score (nSPS) is 23.4. The predicted octanol–water partition coefficient (Wildman–Crippen LogP) is 2.19. The molecular weight excluding hydrogens is 232 g/mol. The molecule has 0 radical (unpaired) electrons. The number of methoxy groups -OCH3 is 1. The zero-order valence-electron chi connectivity index (χ0n) is 10.5. The second-order valence-electron chi connectivity index (χ2n) is 4.53. The fourth-order valence-corrected chi connectivity index (χ4v) is 2.22. The number of aliphatic hydroxyl groups excluding tert-OH is 1. The quantitative estimate of drug-likeness (QED) is 0.832. The van der Waals surface area contributed by atoms with Gasteiger partial charge in [-0.3, -0.25) is 4.79 Å². The minimum atomic E-state index is -0.454. The van der Waals surface area contributed by atoms with E-state index in [4.69, 9.17) is 9.47 Å². The topological polar surface area (TPSA) is 55.8 Å². The lowest BCUT2D eigenvalue weighted by Crippen LogP contribution is -2.34. The summed E-state index contributed by atoms with van der Waals surface area (Å²) in [5.74, 6) is 1.12. The number of carbonyl (C=O) groups is 1. The number of hydrogen-bond donors (Lipinski definition) is 1. The number of aliphatic hydroxyl groups is 1. The first kappa shape index (κ1) is 12.9. The van der Waals surface area contributed by atoms with Crippen LogP contribution in [0.2, 0.25) is 0 Å². The Morgan fingerprint density at radius 3 is 2.78 bits per heavy atom. The molecule has 1 fully saturated rings. The van der Waals surface area contributed by atoms with Gasteiger partial charge in [0.2, 0.25) is 0 Å². The smallest absolute Gasteiger partial charge is 0.153 e. The summed E-state index contributed by atoms with van der Waals surface area (Å²) in [6.07, 6.45) is 3.71. The first-order chi connectivity index (χ1) is 8.74. The molecular formula is C14H18O4. The Labute approximate surface area is 107 Å². The molecule has 1 saturated carbocycles. The summed E-state index contributed by atoms with van der Waals surface area (Å²) in [5, 5.41) is 9.88. The van der Waals surface area contributed by atoms with Gasteiger partial charge in [0.05, 0.1) is 18.8 Å². The molecule has 0 bridgehead atoms. The van der Waals surface area contributed by atoms with E-state index >= 15 is 0 Å². The number of rotatable bonds is 4. The summed E-state index contributed by atoms with van der Waals surface area (Å²) in [4.78, 5) is 11.0. The van der Waals surface area contributed by atoms with Gasteiger partial charge in [-0.1, -0.05) is 6.42 Å². The number of benzene rings is 1. The lowest BCUT2D eigenvalue weighted by atomic mass is 9.95. The largest absolute Gasteiger partial charge is 0.497 e. The molecule has 0 saturated heterocycles. The third-order valence-electron chi connectivity index (χ3n) is 3.29. The van der Waals surface area contributed by atoms with Gasteiger partial charge in [-0.2, -0.15) is 0 Å². The van der Waals surface area contributed by atoms with Crippen LogP contribution in [-0.2, 0) is 0 Å². The van der Waals surface area contributed by atoms with Gasteiger partial charge in [-0.25, -0.2) is 0 Å². The second-order valence-corrected chi connectivity index (χ2v) is 4.53. The fraction of sp³-hybridized carbons (Fsp3) is 0.500. The summed E-state index contributed by atoms with van der Waals surface area (Å²) in [5.41, 5.74) is 0.480. The zero-order chi connectivity index (χ0) is 13.0. The highest BCUT2D eigenvalue weighted by Crippen LogP contribution is 2.28. The van der Waals surface area contributed by atoms with Crippen LogP contribution in [0.25, 0.3) is 0 Å². The van der Waals surface area contributed by atoms with Gasteiger partial charge in [0.15, 0.2) is 6.29 Å². The molecule has 18 heavy (non-hydrogen) atoms. The SMILES string of the molecule is COc1ccc(C=O)c(OC2CCCCC2O)c1. The van der Waals surface area contributed by atoms with Crippen molar-refractivity contribution in [2.75, 3.05) is 7.11 Å². The third-order valence-corrected chi connectivity index (χ3v) is 3.29. The van der Waals surface area contributed by atoms with Gasteiger partial charge < -0.3 is 14.6 Å². The third kappa shape index (κ3) is 2.82. The molecule has 1 aromatic carbocycles. The van der Waals surface area contributed by atoms with Crippen molar-refractivity contribution in [3.8, 4) is 11.5 Å². The minimum absolute atomic E-state index is 0.232. The van der Waals surface area contributed by atoms with Crippen molar-refractivity contribution in [3.63, 3.8) is 0 Å². The van der Waals surface area contributed by atoms with Crippen LogP contribution in [0.4, 0.5) is 0 Å². The highest BCUT2D eigenvalue weighted by atomic mass is 16.5. The highest BCUT2D eigenvalue weighted by molar-refractivity contribution is 5.79. The van der Waals surface area contributed by atoms with Gasteiger partial charge in [0.25, 0.3) is 0 Å². The monoisotopic (exact) mass is 250 g/mol. The highest BCUT2D eigenvalue weighted by Gasteiger charge is 2.25. The number of aldehydes is 1. The maximum Gasteiger partial charge on any atom is 0.153 e. The Kier molecular flexibility index (Phi) is 4.20. The van der Waals surface area contributed by atoms with Crippen LogP contribution < -0.4 is 9.47 Å². The molecule has 4 nitrogen and oxygen atoms in total. The van der Waals surface area contributed by atoms with Crippen LogP contribution in [-0.4, -0.2) is 30.7 Å². The average Bonchev–Trinajstić information content (AvgIpc) is 2.41. The van der Waals surface area contributed by atoms with Crippen molar-refractivity contribution >= 4 is 6.29 Å². The van der Waals surface area contributed by atoms with Gasteiger partial charge in [-0.15, -0.1) is 0 Å². The summed E-state index contributed by atoms with van der Waals surface area (Å²) in [7, 11) is 1.56. The molecule has 1 aromatic rings. The van der Waals surface area contributed by atoms with E-state index in [1.54, 1.807) is 25.3 Å². The zero-order valence-corrected chi connectivity index (χ0v) is 10.5. The van der Waals surface area contributed by atoms with Gasteiger partial charge in [0.1, 0.15) is 17.6 Å². The molecule has 0 aliphatic heterocycles. The Morgan fingerprint density at radius 2 is 2.11 bits per heavy atom. The van der Waals surface area contributed by atoms with E-state index in [1.165, 1.54) is 0 Å². The lowest BCUT2D eigenvalue weighted by molar-refractivity contribution is 0.00648. The Bertz CT molecular complexity index is 416. The lowest BCUT2D eigenvalue weighted by Gasteiger charge is -2.28. The molecule has 0 aromatic heterocycles. The Hall–Kier alpha value is -1.55. The molecule has 2 unspecified atom stereocenters. The van der Waals surface area contributed by atoms with Crippen LogP contribution >= 0.6 is 0 Å². The van der Waals surface area contributed by atoms with Crippen LogP contribution in [0.1, 0.15) is 36.0 Å². The number of carbonyl (C=O) groups excluding carboxylic acids is 1. The van der Waals surface area contributed by atoms with E-state index < -0.39 is 6.10 Å². The first-order valence-electron chi connectivity index (χ1n) is 6.22. The van der Waals surface area contributed by atoms with Crippen molar-refractivity contribution in [3.05, 3.63) is 23.8 Å². The second kappa shape index (κ2) is 5.87. The van der Waals surface area contributed by atoms with Crippen LogP contribution in [0.15, 0.2) is 18.2 Å². The van der Waals surface area contributed by atoms with E-state index in [2.05, 4.69) is 0 Å². The van der Waals surface area contributed by atoms with Gasteiger partial charge >= 0.3 is 0 Å². The molecule has 1 aliphatic rings. The summed E-state index contributed by atoms with van der Waals surface area (Å²) < 4.78 is 10.9. The van der Waals surface area contributed by atoms with Crippen molar-refractivity contribution in [2.45, 2.75) is 37.9 Å². The van der Waals surface area contributed by atoms with Crippen molar-refractivity contribution in [1.29, 1.82) is 0 Å². The number of hydrogen-bond acceptors (Lipinski definition) is 4. The molecule has 0 spiro atoms. The minimum Gasteiger partial charge on any atom is -0.497 e. The Balaban J connectivity index is 2.18. The van der Waals surface area contributed by atoms with Crippen molar-refractivity contribution < 1.29 is 19.4 Å². The van der Waals surface area contributed by atoms with Gasteiger partial charge in [0, 0.05) is 6.07 Å². The predicted molar refractivity (Wildman–Crippen MR) is 67.3 cm³/mol. The summed E-state index contributed by atoms with van der Waals surface area (Å²) in [6.45, 7) is 0. The molecule has 2 rings (SSSR count).